The van der Waals surface area contributed by atoms with Gasteiger partial charge in [-0.25, -0.2) is 0 Å². The van der Waals surface area contributed by atoms with E-state index in [1.807, 2.05) is 13.0 Å². The van der Waals surface area contributed by atoms with E-state index in [4.69, 9.17) is 22.2 Å². The smallest absolute Gasteiger partial charge is 0.270 e. The molecule has 2 rings (SSSR count). The number of aromatic amines is 2. The first-order valence-corrected chi connectivity index (χ1v) is 6.06. The molecule has 0 saturated heterocycles. The number of ether oxygens (including phenoxy) is 1. The summed E-state index contributed by atoms with van der Waals surface area (Å²) >= 11 is 4.92. The summed E-state index contributed by atoms with van der Waals surface area (Å²) in [4.78, 5) is 16.9. The topological polar surface area (TPSA) is 81.7 Å². The molecule has 0 bridgehead atoms. The van der Waals surface area contributed by atoms with Gasteiger partial charge < -0.3 is 9.72 Å². The first kappa shape index (κ1) is 13.1. The molecular formula is C13H11N3O2S. The zero-order chi connectivity index (χ0) is 13.8. The van der Waals surface area contributed by atoms with Gasteiger partial charge in [0.2, 0.25) is 0 Å². The lowest BCUT2D eigenvalue weighted by molar-refractivity contribution is 0.340. The fourth-order valence-corrected chi connectivity index (χ4v) is 1.89. The average Bonchev–Trinajstić information content (AvgIpc) is 2.39. The van der Waals surface area contributed by atoms with Gasteiger partial charge in [-0.05, 0) is 49.0 Å². The Morgan fingerprint density at radius 3 is 2.58 bits per heavy atom. The number of rotatable bonds is 3. The van der Waals surface area contributed by atoms with E-state index >= 15 is 0 Å². The summed E-state index contributed by atoms with van der Waals surface area (Å²) in [5.41, 5.74) is 0.643. The highest BCUT2D eigenvalue weighted by Crippen LogP contribution is 2.21. The van der Waals surface area contributed by atoms with Crippen LogP contribution in [0.4, 0.5) is 0 Å². The monoisotopic (exact) mass is 273 g/mol. The molecule has 1 aromatic carbocycles. The van der Waals surface area contributed by atoms with Crippen molar-refractivity contribution in [1.82, 2.24) is 9.97 Å². The molecule has 0 amide bonds. The highest BCUT2D eigenvalue weighted by Gasteiger charge is 2.10. The second kappa shape index (κ2) is 5.50. The van der Waals surface area contributed by atoms with E-state index in [9.17, 15) is 4.79 Å². The van der Waals surface area contributed by atoms with Crippen LogP contribution in [0.3, 0.4) is 0 Å². The number of nitrogens with zero attached hydrogens (tertiary/aromatic N) is 1. The quantitative estimate of drug-likeness (QED) is 0.841. The summed E-state index contributed by atoms with van der Waals surface area (Å²) in [5.74, 6) is 0.730. The van der Waals surface area contributed by atoms with Crippen LogP contribution in [0, 0.1) is 16.1 Å². The summed E-state index contributed by atoms with van der Waals surface area (Å²) in [6.07, 6.45) is 0. The van der Waals surface area contributed by atoms with Gasteiger partial charge in [-0.15, -0.1) is 0 Å². The number of nitrogens with one attached hydrogen (secondary N) is 2. The lowest BCUT2D eigenvalue weighted by Gasteiger charge is -2.06. The number of aromatic nitrogens is 2. The lowest BCUT2D eigenvalue weighted by Crippen LogP contribution is -2.13. The van der Waals surface area contributed by atoms with Gasteiger partial charge in [0.05, 0.1) is 12.3 Å². The fourth-order valence-electron chi connectivity index (χ4n) is 1.69. The van der Waals surface area contributed by atoms with Gasteiger partial charge in [-0.3, -0.25) is 9.78 Å². The van der Waals surface area contributed by atoms with Crippen molar-refractivity contribution in [1.29, 1.82) is 5.26 Å². The van der Waals surface area contributed by atoms with Gasteiger partial charge in [0, 0.05) is 0 Å². The molecular weight excluding hydrogens is 262 g/mol. The van der Waals surface area contributed by atoms with Crippen LogP contribution in [-0.4, -0.2) is 16.6 Å². The third-order valence-corrected chi connectivity index (χ3v) is 2.71. The van der Waals surface area contributed by atoms with Crippen molar-refractivity contribution < 1.29 is 4.74 Å². The van der Waals surface area contributed by atoms with Crippen LogP contribution in [0.2, 0.25) is 0 Å². The predicted octanol–water partition coefficient (Wildman–Crippen LogP) is 2.37. The van der Waals surface area contributed by atoms with E-state index in [1.165, 1.54) is 0 Å². The first-order chi connectivity index (χ1) is 9.15. The minimum Gasteiger partial charge on any atom is -0.494 e. The summed E-state index contributed by atoms with van der Waals surface area (Å²) < 4.78 is 5.52. The summed E-state index contributed by atoms with van der Waals surface area (Å²) in [7, 11) is 0. The lowest BCUT2D eigenvalue weighted by atomic mass is 10.1. The Balaban J connectivity index is 2.56. The maximum absolute atomic E-state index is 11.6. The second-order valence-electron chi connectivity index (χ2n) is 3.73. The van der Waals surface area contributed by atoms with Crippen LogP contribution in [0.15, 0.2) is 29.1 Å². The molecule has 0 unspecified atom stereocenters. The molecule has 0 spiro atoms. The third kappa shape index (κ3) is 2.72. The molecule has 0 aliphatic rings. The number of benzene rings is 1. The first-order valence-electron chi connectivity index (χ1n) is 5.65. The van der Waals surface area contributed by atoms with Crippen LogP contribution in [0.5, 0.6) is 5.75 Å². The van der Waals surface area contributed by atoms with Crippen LogP contribution < -0.4 is 10.3 Å². The maximum Gasteiger partial charge on any atom is 0.270 e. The Bertz CT molecular complexity index is 738. The zero-order valence-electron chi connectivity index (χ0n) is 10.2. The third-order valence-electron chi connectivity index (χ3n) is 2.51. The minimum atomic E-state index is -0.491. The van der Waals surface area contributed by atoms with Crippen LogP contribution in [-0.2, 0) is 0 Å². The van der Waals surface area contributed by atoms with Gasteiger partial charge >= 0.3 is 0 Å². The van der Waals surface area contributed by atoms with E-state index in [0.717, 1.165) is 5.75 Å². The fraction of sp³-hybridized carbons (Fsp3) is 0.154. The molecule has 2 N–H and O–H groups in total. The zero-order valence-corrected chi connectivity index (χ0v) is 11.0. The van der Waals surface area contributed by atoms with Gasteiger partial charge in [0.25, 0.3) is 5.56 Å². The standard InChI is InChI=1S/C13H11N3O2S/c1-2-18-9-5-3-8(4-6-9)11-10(7-14)12(17)16-13(19)15-11/h3-6H,2H2,1H3,(H2,15,16,17,19). The molecule has 0 atom stereocenters. The summed E-state index contributed by atoms with van der Waals surface area (Å²) in [6, 6.07) is 8.97. The Labute approximate surface area is 114 Å². The average molecular weight is 273 g/mol. The Kier molecular flexibility index (Phi) is 3.78. The number of hydrogen-bond acceptors (Lipinski definition) is 4. The van der Waals surface area contributed by atoms with E-state index < -0.39 is 5.56 Å². The van der Waals surface area contributed by atoms with Crippen molar-refractivity contribution >= 4 is 12.2 Å². The van der Waals surface area contributed by atoms with Gasteiger partial charge in [-0.2, -0.15) is 5.26 Å². The molecule has 0 aliphatic heterocycles. The summed E-state index contributed by atoms with van der Waals surface area (Å²) in [5, 5.41) is 9.04. The molecule has 0 fully saturated rings. The van der Waals surface area contributed by atoms with Crippen molar-refractivity contribution in [2.75, 3.05) is 6.61 Å². The molecule has 1 heterocycles. The summed E-state index contributed by atoms with van der Waals surface area (Å²) in [6.45, 7) is 2.48. The Morgan fingerprint density at radius 2 is 2.00 bits per heavy atom. The van der Waals surface area contributed by atoms with Crippen molar-refractivity contribution in [3.63, 3.8) is 0 Å². The Morgan fingerprint density at radius 1 is 1.32 bits per heavy atom. The highest BCUT2D eigenvalue weighted by atomic mass is 32.1. The highest BCUT2D eigenvalue weighted by molar-refractivity contribution is 7.71. The van der Waals surface area contributed by atoms with Crippen molar-refractivity contribution in [2.45, 2.75) is 6.92 Å². The number of hydrogen-bond donors (Lipinski definition) is 2. The SMILES string of the molecule is CCOc1ccc(-c2[nH]c(=S)[nH]c(=O)c2C#N)cc1. The van der Waals surface area contributed by atoms with E-state index in [0.29, 0.717) is 17.9 Å². The van der Waals surface area contributed by atoms with Crippen LogP contribution in [0.1, 0.15) is 12.5 Å². The molecule has 1 aromatic heterocycles. The molecule has 5 nitrogen and oxygen atoms in total. The molecule has 0 radical (unpaired) electrons. The van der Waals surface area contributed by atoms with E-state index in [-0.39, 0.29) is 10.3 Å². The largest absolute Gasteiger partial charge is 0.494 e. The van der Waals surface area contributed by atoms with Crippen LogP contribution in [0.25, 0.3) is 11.3 Å². The molecule has 0 aliphatic carbocycles. The minimum absolute atomic E-state index is 0.0118. The molecule has 96 valence electrons. The van der Waals surface area contributed by atoms with Gasteiger partial charge in [0.15, 0.2) is 4.77 Å². The predicted molar refractivity (Wildman–Crippen MR) is 73.6 cm³/mol. The van der Waals surface area contributed by atoms with Crippen molar-refractivity contribution in [3.05, 3.63) is 45.0 Å². The van der Waals surface area contributed by atoms with E-state index in [1.54, 1.807) is 24.3 Å². The second-order valence-corrected chi connectivity index (χ2v) is 4.14. The maximum atomic E-state index is 11.6. The Hall–Kier alpha value is -2.39. The molecule has 2 aromatic rings. The van der Waals surface area contributed by atoms with Gasteiger partial charge in [0.1, 0.15) is 17.4 Å². The van der Waals surface area contributed by atoms with E-state index in [2.05, 4.69) is 9.97 Å². The van der Waals surface area contributed by atoms with Crippen LogP contribution >= 0.6 is 12.2 Å². The van der Waals surface area contributed by atoms with Crippen molar-refractivity contribution in [3.8, 4) is 23.1 Å². The molecule has 0 saturated carbocycles. The number of nitriles is 1. The number of H-pyrrole nitrogens is 2. The molecule has 6 heteroatoms. The normalized spacial score (nSPS) is 9.89. The van der Waals surface area contributed by atoms with Crippen molar-refractivity contribution in [2.24, 2.45) is 0 Å². The van der Waals surface area contributed by atoms with Gasteiger partial charge in [-0.1, -0.05) is 0 Å². The molecule has 19 heavy (non-hydrogen) atoms.